The summed E-state index contributed by atoms with van der Waals surface area (Å²) in [5.74, 6) is 0.0118. The van der Waals surface area contributed by atoms with E-state index in [2.05, 4.69) is 9.97 Å². The molecule has 4 heteroatoms. The lowest BCUT2D eigenvalue weighted by atomic mass is 10.1. The number of nitrogens with one attached hydrogen (secondary N) is 2. The molecule has 0 atom stereocenters. The van der Waals surface area contributed by atoms with Gasteiger partial charge in [0.15, 0.2) is 5.78 Å². The van der Waals surface area contributed by atoms with E-state index in [4.69, 9.17) is 0 Å². The highest BCUT2D eigenvalue weighted by Gasteiger charge is 2.10. The third kappa shape index (κ3) is 2.31. The van der Waals surface area contributed by atoms with Gasteiger partial charge in [0.1, 0.15) is 5.69 Å². The van der Waals surface area contributed by atoms with Gasteiger partial charge in [0.25, 0.3) is 0 Å². The Kier molecular flexibility index (Phi) is 3.06. The lowest BCUT2D eigenvalue weighted by Crippen LogP contribution is -2.05. The molecule has 0 aliphatic heterocycles. The van der Waals surface area contributed by atoms with Crippen LogP contribution in [0.2, 0.25) is 0 Å². The summed E-state index contributed by atoms with van der Waals surface area (Å²) in [5, 5.41) is 0. The van der Waals surface area contributed by atoms with Gasteiger partial charge in [-0.1, -0.05) is 13.3 Å². The van der Waals surface area contributed by atoms with E-state index in [0.717, 1.165) is 12.8 Å². The number of unbranched alkanes of at least 4 members (excludes halogenated alkanes) is 1. The van der Waals surface area contributed by atoms with Crippen molar-refractivity contribution in [3.8, 4) is 0 Å². The summed E-state index contributed by atoms with van der Waals surface area (Å²) in [6.45, 7) is 3.75. The van der Waals surface area contributed by atoms with Crippen molar-refractivity contribution in [3.05, 3.63) is 21.9 Å². The Bertz CT molecular complexity index is 349. The molecule has 0 aliphatic rings. The molecule has 0 fully saturated rings. The summed E-state index contributed by atoms with van der Waals surface area (Å²) < 4.78 is 0. The van der Waals surface area contributed by atoms with Crippen molar-refractivity contribution in [1.82, 2.24) is 9.97 Å². The number of Topliss-reactive ketones (excluding diaryl/α,β-unsaturated/α-hetero) is 1. The molecule has 1 aromatic heterocycles. The first-order valence-corrected chi connectivity index (χ1v) is 4.47. The zero-order chi connectivity index (χ0) is 9.84. The van der Waals surface area contributed by atoms with Crippen LogP contribution in [-0.2, 0) is 0 Å². The van der Waals surface area contributed by atoms with Crippen LogP contribution in [0.4, 0.5) is 0 Å². The third-order valence-corrected chi connectivity index (χ3v) is 1.95. The number of carbonyl (C=O) groups is 1. The number of H-pyrrole nitrogens is 2. The van der Waals surface area contributed by atoms with E-state index in [1.165, 1.54) is 0 Å². The Hall–Kier alpha value is -1.32. The number of carbonyl (C=O) groups excluding carboxylic acids is 1. The fourth-order valence-electron chi connectivity index (χ4n) is 1.21. The number of ketones is 1. The van der Waals surface area contributed by atoms with E-state index in [0.29, 0.717) is 17.8 Å². The van der Waals surface area contributed by atoms with Crippen molar-refractivity contribution in [1.29, 1.82) is 0 Å². The number of aryl methyl sites for hydroxylation is 1. The van der Waals surface area contributed by atoms with Crippen LogP contribution >= 0.6 is 0 Å². The molecule has 0 unspecified atom stereocenters. The molecule has 0 bridgehead atoms. The van der Waals surface area contributed by atoms with E-state index < -0.39 is 0 Å². The zero-order valence-corrected chi connectivity index (χ0v) is 7.94. The fourth-order valence-corrected chi connectivity index (χ4v) is 1.21. The Balaban J connectivity index is 2.76. The van der Waals surface area contributed by atoms with Crippen molar-refractivity contribution in [2.24, 2.45) is 0 Å². The quantitative estimate of drug-likeness (QED) is 0.691. The molecular formula is C9H14N2O2. The summed E-state index contributed by atoms with van der Waals surface area (Å²) in [4.78, 5) is 27.3. The standard InChI is InChI=1S/C9H14N2O2/c1-3-4-5-7(12)8-6(2)10-9(13)11-8/h3-5H2,1-2H3,(H2,10,11,13). The van der Waals surface area contributed by atoms with Crippen molar-refractivity contribution >= 4 is 5.78 Å². The lowest BCUT2D eigenvalue weighted by Gasteiger charge is -1.96. The molecule has 0 radical (unpaired) electrons. The van der Waals surface area contributed by atoms with E-state index in [1.54, 1.807) is 6.92 Å². The first-order chi connectivity index (χ1) is 6.15. The lowest BCUT2D eigenvalue weighted by molar-refractivity contribution is 0.0974. The van der Waals surface area contributed by atoms with Crippen LogP contribution in [-0.4, -0.2) is 15.8 Å². The SMILES string of the molecule is CCCCC(=O)c1[nH]c(=O)[nH]c1C. The topological polar surface area (TPSA) is 65.7 Å². The Morgan fingerprint density at radius 3 is 2.54 bits per heavy atom. The number of imidazole rings is 1. The zero-order valence-electron chi connectivity index (χ0n) is 7.94. The highest BCUT2D eigenvalue weighted by molar-refractivity contribution is 5.95. The molecule has 13 heavy (non-hydrogen) atoms. The van der Waals surface area contributed by atoms with E-state index in [1.807, 2.05) is 6.92 Å². The van der Waals surface area contributed by atoms with Gasteiger partial charge in [-0.15, -0.1) is 0 Å². The number of hydrogen-bond donors (Lipinski definition) is 2. The van der Waals surface area contributed by atoms with Gasteiger partial charge in [-0.3, -0.25) is 4.79 Å². The number of aromatic nitrogens is 2. The van der Waals surface area contributed by atoms with Gasteiger partial charge in [-0.2, -0.15) is 0 Å². The minimum absolute atomic E-state index is 0.0118. The molecule has 0 saturated heterocycles. The minimum atomic E-state index is -0.308. The molecule has 0 saturated carbocycles. The Labute approximate surface area is 76.4 Å². The smallest absolute Gasteiger partial charge is 0.310 e. The van der Waals surface area contributed by atoms with Crippen LogP contribution in [0.1, 0.15) is 42.4 Å². The number of rotatable bonds is 4. The molecule has 0 amide bonds. The van der Waals surface area contributed by atoms with Crippen molar-refractivity contribution < 1.29 is 4.79 Å². The first-order valence-electron chi connectivity index (χ1n) is 4.47. The van der Waals surface area contributed by atoms with Crippen LogP contribution in [0, 0.1) is 6.92 Å². The molecule has 72 valence electrons. The van der Waals surface area contributed by atoms with E-state index in [9.17, 15) is 9.59 Å². The maximum atomic E-state index is 11.4. The number of aromatic amines is 2. The van der Waals surface area contributed by atoms with Crippen molar-refractivity contribution in [3.63, 3.8) is 0 Å². The molecule has 4 nitrogen and oxygen atoms in total. The summed E-state index contributed by atoms with van der Waals surface area (Å²) in [7, 11) is 0. The predicted octanol–water partition coefficient (Wildman–Crippen LogP) is 1.38. The predicted molar refractivity (Wildman–Crippen MR) is 50.0 cm³/mol. The largest absolute Gasteiger partial charge is 0.323 e. The average Bonchev–Trinajstić information content (AvgIpc) is 2.41. The molecule has 2 N–H and O–H groups in total. The second kappa shape index (κ2) is 4.07. The second-order valence-corrected chi connectivity index (χ2v) is 3.11. The van der Waals surface area contributed by atoms with Gasteiger partial charge in [0, 0.05) is 12.1 Å². The second-order valence-electron chi connectivity index (χ2n) is 3.11. The first kappa shape index (κ1) is 9.77. The van der Waals surface area contributed by atoms with Gasteiger partial charge >= 0.3 is 5.69 Å². The van der Waals surface area contributed by atoms with Gasteiger partial charge in [-0.25, -0.2) is 4.79 Å². The molecule has 1 rings (SSSR count). The van der Waals surface area contributed by atoms with Gasteiger partial charge in [0.2, 0.25) is 0 Å². The Morgan fingerprint density at radius 1 is 1.38 bits per heavy atom. The summed E-state index contributed by atoms with van der Waals surface area (Å²) in [6.07, 6.45) is 2.36. The van der Waals surface area contributed by atoms with Crippen LogP contribution in [0.25, 0.3) is 0 Å². The summed E-state index contributed by atoms with van der Waals surface area (Å²) in [6, 6.07) is 0. The number of hydrogen-bond acceptors (Lipinski definition) is 2. The van der Waals surface area contributed by atoms with Gasteiger partial charge in [0.05, 0.1) is 0 Å². The minimum Gasteiger partial charge on any atom is -0.310 e. The molecular weight excluding hydrogens is 168 g/mol. The highest BCUT2D eigenvalue weighted by atomic mass is 16.1. The molecule has 1 aromatic rings. The van der Waals surface area contributed by atoms with Crippen LogP contribution < -0.4 is 5.69 Å². The van der Waals surface area contributed by atoms with E-state index in [-0.39, 0.29) is 11.5 Å². The van der Waals surface area contributed by atoms with Crippen molar-refractivity contribution in [2.45, 2.75) is 33.1 Å². The van der Waals surface area contributed by atoms with Gasteiger partial charge in [-0.05, 0) is 13.3 Å². The summed E-state index contributed by atoms with van der Waals surface area (Å²) in [5.41, 5.74) is 0.752. The third-order valence-electron chi connectivity index (χ3n) is 1.95. The van der Waals surface area contributed by atoms with E-state index >= 15 is 0 Å². The molecule has 1 heterocycles. The monoisotopic (exact) mass is 182 g/mol. The van der Waals surface area contributed by atoms with Crippen LogP contribution in [0.15, 0.2) is 4.79 Å². The normalized spacial score (nSPS) is 10.3. The molecule has 0 aromatic carbocycles. The fraction of sp³-hybridized carbons (Fsp3) is 0.556. The van der Waals surface area contributed by atoms with Gasteiger partial charge < -0.3 is 9.97 Å². The maximum absolute atomic E-state index is 11.4. The Morgan fingerprint density at radius 2 is 2.08 bits per heavy atom. The van der Waals surface area contributed by atoms with Crippen molar-refractivity contribution in [2.75, 3.05) is 0 Å². The summed E-state index contributed by atoms with van der Waals surface area (Å²) >= 11 is 0. The van der Waals surface area contributed by atoms with Crippen LogP contribution in [0.5, 0.6) is 0 Å². The highest BCUT2D eigenvalue weighted by Crippen LogP contribution is 2.05. The van der Waals surface area contributed by atoms with Crippen LogP contribution in [0.3, 0.4) is 0 Å². The average molecular weight is 182 g/mol. The molecule has 0 spiro atoms. The molecule has 0 aliphatic carbocycles. The maximum Gasteiger partial charge on any atom is 0.323 e.